The smallest absolute Gasteiger partial charge is 0.222 e. The van der Waals surface area contributed by atoms with Crippen molar-refractivity contribution in [3.8, 4) is 0 Å². The zero-order valence-corrected chi connectivity index (χ0v) is 12.6. The molecule has 0 saturated carbocycles. The van der Waals surface area contributed by atoms with Crippen LogP contribution < -0.4 is 5.73 Å². The molecule has 0 aromatic heterocycles. The highest BCUT2D eigenvalue weighted by molar-refractivity contribution is 5.76. The summed E-state index contributed by atoms with van der Waals surface area (Å²) in [5.41, 5.74) is 5.53. The van der Waals surface area contributed by atoms with Gasteiger partial charge >= 0.3 is 0 Å². The largest absolute Gasteiger partial charge is 0.339 e. The third-order valence-corrected chi connectivity index (χ3v) is 3.31. The van der Waals surface area contributed by atoms with Crippen molar-refractivity contribution < 1.29 is 4.79 Å². The van der Waals surface area contributed by atoms with Gasteiger partial charge in [0, 0.05) is 25.6 Å². The fourth-order valence-corrected chi connectivity index (χ4v) is 2.19. The van der Waals surface area contributed by atoms with Crippen LogP contribution in [0.5, 0.6) is 0 Å². The van der Waals surface area contributed by atoms with E-state index in [1.165, 1.54) is 38.5 Å². The van der Waals surface area contributed by atoms with Gasteiger partial charge < -0.3 is 10.6 Å². The number of nitrogens with zero attached hydrogens (tertiary/aromatic N) is 1. The van der Waals surface area contributed by atoms with Gasteiger partial charge in [0.2, 0.25) is 5.91 Å². The van der Waals surface area contributed by atoms with Gasteiger partial charge in [0.15, 0.2) is 0 Å². The van der Waals surface area contributed by atoms with Gasteiger partial charge in [-0.25, -0.2) is 0 Å². The fourth-order valence-electron chi connectivity index (χ4n) is 2.19. The van der Waals surface area contributed by atoms with E-state index >= 15 is 0 Å². The molecule has 3 heteroatoms. The molecule has 0 aliphatic rings. The minimum atomic E-state index is 0.268. The van der Waals surface area contributed by atoms with Gasteiger partial charge in [-0.1, -0.05) is 45.4 Å². The highest BCUT2D eigenvalue weighted by Crippen LogP contribution is 2.10. The summed E-state index contributed by atoms with van der Waals surface area (Å²) in [4.78, 5) is 13.9. The Hall–Kier alpha value is -0.570. The van der Waals surface area contributed by atoms with Gasteiger partial charge in [-0.15, -0.1) is 0 Å². The quantitative estimate of drug-likeness (QED) is 0.576. The topological polar surface area (TPSA) is 46.3 Å². The number of carbonyl (C=O) groups is 1. The molecule has 0 aliphatic carbocycles. The van der Waals surface area contributed by atoms with E-state index in [4.69, 9.17) is 5.73 Å². The standard InChI is InChI=1S/C15H32N2O/c1-4-5-6-7-8-9-10-11-15(18)17(13-12-16)14(2)3/h14H,4-13,16H2,1-3H3. The molecule has 0 radical (unpaired) electrons. The summed E-state index contributed by atoms with van der Waals surface area (Å²) in [5, 5.41) is 0. The Labute approximate surface area is 113 Å². The first-order valence-electron chi connectivity index (χ1n) is 7.63. The summed E-state index contributed by atoms with van der Waals surface area (Å²) in [7, 11) is 0. The minimum Gasteiger partial charge on any atom is -0.339 e. The molecule has 0 aromatic rings. The predicted molar refractivity (Wildman–Crippen MR) is 78.5 cm³/mol. The van der Waals surface area contributed by atoms with Crippen molar-refractivity contribution in [2.45, 2.75) is 78.2 Å². The highest BCUT2D eigenvalue weighted by atomic mass is 16.2. The minimum absolute atomic E-state index is 0.268. The van der Waals surface area contributed by atoms with Crippen molar-refractivity contribution in [2.24, 2.45) is 5.73 Å². The monoisotopic (exact) mass is 256 g/mol. The van der Waals surface area contributed by atoms with Crippen LogP contribution in [0.25, 0.3) is 0 Å². The molecular formula is C15H32N2O. The molecule has 2 N–H and O–H groups in total. The van der Waals surface area contributed by atoms with Crippen molar-refractivity contribution in [2.75, 3.05) is 13.1 Å². The third-order valence-electron chi connectivity index (χ3n) is 3.31. The Morgan fingerprint density at radius 1 is 1.06 bits per heavy atom. The van der Waals surface area contributed by atoms with Crippen molar-refractivity contribution in [1.82, 2.24) is 4.90 Å². The van der Waals surface area contributed by atoms with E-state index in [2.05, 4.69) is 20.8 Å². The van der Waals surface area contributed by atoms with Crippen molar-refractivity contribution >= 4 is 5.91 Å². The van der Waals surface area contributed by atoms with Crippen LogP contribution in [0.3, 0.4) is 0 Å². The van der Waals surface area contributed by atoms with Crippen LogP contribution in [-0.4, -0.2) is 29.9 Å². The normalized spacial score (nSPS) is 10.9. The summed E-state index contributed by atoms with van der Waals surface area (Å²) in [6.45, 7) is 7.58. The van der Waals surface area contributed by atoms with Crippen molar-refractivity contribution in [3.05, 3.63) is 0 Å². The summed E-state index contributed by atoms with van der Waals surface area (Å²) in [5.74, 6) is 0.268. The second-order valence-corrected chi connectivity index (χ2v) is 5.34. The Morgan fingerprint density at radius 2 is 1.61 bits per heavy atom. The molecule has 3 nitrogen and oxygen atoms in total. The second kappa shape index (κ2) is 11.5. The number of rotatable bonds is 11. The molecule has 0 rings (SSSR count). The molecule has 0 spiro atoms. The van der Waals surface area contributed by atoms with Gasteiger partial charge in [-0.3, -0.25) is 4.79 Å². The maximum absolute atomic E-state index is 12.0. The first kappa shape index (κ1) is 17.4. The summed E-state index contributed by atoms with van der Waals surface area (Å²) in [6.07, 6.45) is 9.46. The number of hydrogen-bond donors (Lipinski definition) is 1. The molecule has 0 saturated heterocycles. The Morgan fingerprint density at radius 3 is 2.11 bits per heavy atom. The van der Waals surface area contributed by atoms with Gasteiger partial charge in [-0.05, 0) is 20.3 Å². The molecule has 0 aliphatic heterocycles. The van der Waals surface area contributed by atoms with Crippen LogP contribution in [0, 0.1) is 0 Å². The van der Waals surface area contributed by atoms with Crippen molar-refractivity contribution in [1.29, 1.82) is 0 Å². The van der Waals surface area contributed by atoms with E-state index in [0.717, 1.165) is 6.42 Å². The highest BCUT2D eigenvalue weighted by Gasteiger charge is 2.14. The Kier molecular flexibility index (Phi) is 11.2. The zero-order chi connectivity index (χ0) is 13.8. The number of carbonyl (C=O) groups excluding carboxylic acids is 1. The lowest BCUT2D eigenvalue weighted by atomic mass is 10.1. The van der Waals surface area contributed by atoms with E-state index in [9.17, 15) is 4.79 Å². The second-order valence-electron chi connectivity index (χ2n) is 5.34. The molecule has 0 fully saturated rings. The van der Waals surface area contributed by atoms with Crippen LogP contribution >= 0.6 is 0 Å². The molecule has 108 valence electrons. The van der Waals surface area contributed by atoms with Crippen LogP contribution in [-0.2, 0) is 4.79 Å². The molecule has 0 bridgehead atoms. The van der Waals surface area contributed by atoms with E-state index in [0.29, 0.717) is 19.5 Å². The maximum atomic E-state index is 12.0. The average Bonchev–Trinajstić information content (AvgIpc) is 2.34. The Bertz CT molecular complexity index is 205. The number of amides is 1. The molecule has 1 amide bonds. The van der Waals surface area contributed by atoms with Crippen LogP contribution in [0.1, 0.15) is 72.1 Å². The number of nitrogens with two attached hydrogens (primary N) is 1. The van der Waals surface area contributed by atoms with Crippen LogP contribution in [0.4, 0.5) is 0 Å². The van der Waals surface area contributed by atoms with Gasteiger partial charge in [0.1, 0.15) is 0 Å². The summed E-state index contributed by atoms with van der Waals surface area (Å²) in [6, 6.07) is 0.269. The van der Waals surface area contributed by atoms with E-state index < -0.39 is 0 Å². The fraction of sp³-hybridized carbons (Fsp3) is 0.933. The van der Waals surface area contributed by atoms with E-state index in [1.54, 1.807) is 0 Å². The summed E-state index contributed by atoms with van der Waals surface area (Å²) < 4.78 is 0. The average molecular weight is 256 g/mol. The van der Waals surface area contributed by atoms with Gasteiger partial charge in [0.05, 0.1) is 0 Å². The van der Waals surface area contributed by atoms with Gasteiger partial charge in [0.25, 0.3) is 0 Å². The molecule has 0 aromatic carbocycles. The first-order valence-corrected chi connectivity index (χ1v) is 7.63. The van der Waals surface area contributed by atoms with Gasteiger partial charge in [-0.2, -0.15) is 0 Å². The lowest BCUT2D eigenvalue weighted by Crippen LogP contribution is -2.40. The van der Waals surface area contributed by atoms with Crippen molar-refractivity contribution in [3.63, 3.8) is 0 Å². The van der Waals surface area contributed by atoms with E-state index in [1.807, 2.05) is 4.90 Å². The zero-order valence-electron chi connectivity index (χ0n) is 12.6. The molecule has 0 atom stereocenters. The Balaban J connectivity index is 3.61. The van der Waals surface area contributed by atoms with Crippen LogP contribution in [0.2, 0.25) is 0 Å². The molecule has 0 unspecified atom stereocenters. The third kappa shape index (κ3) is 8.51. The lowest BCUT2D eigenvalue weighted by Gasteiger charge is -2.26. The molecule has 18 heavy (non-hydrogen) atoms. The molecule has 0 heterocycles. The number of hydrogen-bond acceptors (Lipinski definition) is 2. The van der Waals surface area contributed by atoms with E-state index in [-0.39, 0.29) is 11.9 Å². The maximum Gasteiger partial charge on any atom is 0.222 e. The van der Waals surface area contributed by atoms with Crippen LogP contribution in [0.15, 0.2) is 0 Å². The summed E-state index contributed by atoms with van der Waals surface area (Å²) >= 11 is 0. The first-order chi connectivity index (χ1) is 8.63. The number of unbranched alkanes of at least 4 members (excludes halogenated alkanes) is 6. The predicted octanol–water partition coefficient (Wildman–Crippen LogP) is 3.32. The SMILES string of the molecule is CCCCCCCCCC(=O)N(CCN)C(C)C. The molecular weight excluding hydrogens is 224 g/mol. The lowest BCUT2D eigenvalue weighted by molar-refractivity contribution is -0.132.